The fourth-order valence-electron chi connectivity index (χ4n) is 3.31. The number of amides is 1. The summed E-state index contributed by atoms with van der Waals surface area (Å²) in [5, 5.41) is 3.71. The minimum absolute atomic E-state index is 0.147. The van der Waals surface area contributed by atoms with Crippen LogP contribution in [-0.2, 0) is 21.8 Å². The normalized spacial score (nSPS) is 14.9. The number of hydrogen-bond donors (Lipinski definition) is 1. The molecule has 0 radical (unpaired) electrons. The molecule has 32 heavy (non-hydrogen) atoms. The summed E-state index contributed by atoms with van der Waals surface area (Å²) in [6.07, 6.45) is 3.62. The smallest absolute Gasteiger partial charge is 0.255 e. The molecule has 2 aromatic carbocycles. The maximum absolute atomic E-state index is 13.1. The van der Waals surface area contributed by atoms with Crippen LogP contribution in [0.4, 0.5) is 5.69 Å². The van der Waals surface area contributed by atoms with Crippen LogP contribution in [0.2, 0.25) is 0 Å². The number of rotatable bonds is 6. The van der Waals surface area contributed by atoms with Gasteiger partial charge in [-0.15, -0.1) is 0 Å². The van der Waals surface area contributed by atoms with E-state index in [1.54, 1.807) is 25.3 Å². The monoisotopic (exact) mass is 472 g/mol. The van der Waals surface area contributed by atoms with Gasteiger partial charge >= 0.3 is 0 Å². The van der Waals surface area contributed by atoms with Gasteiger partial charge in [-0.05, 0) is 48.9 Å². The SMILES string of the molecule is Cc1ccc(C(=O)Nc2ccc(Sc3nccn3C)cc2)cc1S(=O)(=O)N1CCOCC1. The fraction of sp³-hybridized carbons (Fsp3) is 0.273. The number of benzene rings is 2. The molecule has 4 rings (SSSR count). The molecule has 0 aliphatic carbocycles. The second-order valence-electron chi connectivity index (χ2n) is 7.40. The quantitative estimate of drug-likeness (QED) is 0.592. The molecule has 168 valence electrons. The molecule has 10 heteroatoms. The molecule has 2 heterocycles. The van der Waals surface area contributed by atoms with Crippen molar-refractivity contribution in [2.75, 3.05) is 31.6 Å². The van der Waals surface area contributed by atoms with Crippen molar-refractivity contribution in [2.45, 2.75) is 21.9 Å². The molecule has 3 aromatic rings. The van der Waals surface area contributed by atoms with Gasteiger partial charge in [-0.3, -0.25) is 4.79 Å². The first-order valence-electron chi connectivity index (χ1n) is 10.1. The lowest BCUT2D eigenvalue weighted by molar-refractivity contribution is 0.0730. The number of nitrogens with one attached hydrogen (secondary N) is 1. The summed E-state index contributed by atoms with van der Waals surface area (Å²) in [6.45, 7) is 3.08. The van der Waals surface area contributed by atoms with Gasteiger partial charge in [0.15, 0.2) is 5.16 Å². The van der Waals surface area contributed by atoms with Gasteiger partial charge in [0, 0.05) is 48.7 Å². The molecule has 1 fully saturated rings. The van der Waals surface area contributed by atoms with Crippen molar-refractivity contribution in [3.8, 4) is 0 Å². The Morgan fingerprint density at radius 1 is 1.12 bits per heavy atom. The minimum atomic E-state index is -3.69. The second kappa shape index (κ2) is 9.45. The van der Waals surface area contributed by atoms with Gasteiger partial charge in [0.05, 0.1) is 18.1 Å². The van der Waals surface area contributed by atoms with E-state index in [1.165, 1.54) is 22.1 Å². The highest BCUT2D eigenvalue weighted by Gasteiger charge is 2.28. The Bertz CT molecular complexity index is 1220. The summed E-state index contributed by atoms with van der Waals surface area (Å²) < 4.78 is 34.7. The largest absolute Gasteiger partial charge is 0.379 e. The molecule has 1 aromatic heterocycles. The van der Waals surface area contributed by atoms with Crippen molar-refractivity contribution in [1.82, 2.24) is 13.9 Å². The van der Waals surface area contributed by atoms with Crippen molar-refractivity contribution in [3.05, 3.63) is 66.0 Å². The molecule has 8 nitrogen and oxygen atoms in total. The Labute approximate surface area is 191 Å². The number of aryl methyl sites for hydroxylation is 2. The molecule has 0 bridgehead atoms. The van der Waals surface area contributed by atoms with Crippen LogP contribution in [0, 0.1) is 6.92 Å². The number of nitrogens with zero attached hydrogens (tertiary/aromatic N) is 3. The number of ether oxygens (including phenoxy) is 1. The third-order valence-electron chi connectivity index (χ3n) is 5.14. The maximum atomic E-state index is 13.1. The summed E-state index contributed by atoms with van der Waals surface area (Å²) >= 11 is 1.52. The molecule has 1 amide bonds. The van der Waals surface area contributed by atoms with Crippen LogP contribution in [0.15, 0.2) is 69.8 Å². The summed E-state index contributed by atoms with van der Waals surface area (Å²) in [4.78, 5) is 18.2. The van der Waals surface area contributed by atoms with Gasteiger partial charge in [0.2, 0.25) is 10.0 Å². The summed E-state index contributed by atoms with van der Waals surface area (Å²) in [6, 6.07) is 12.2. The number of carbonyl (C=O) groups is 1. The van der Waals surface area contributed by atoms with E-state index in [0.29, 0.717) is 37.6 Å². The lowest BCUT2D eigenvalue weighted by atomic mass is 10.1. The Hall–Kier alpha value is -2.66. The van der Waals surface area contributed by atoms with Gasteiger partial charge in [0.1, 0.15) is 0 Å². The molecule has 1 N–H and O–H groups in total. The average Bonchev–Trinajstić information content (AvgIpc) is 3.20. The van der Waals surface area contributed by atoms with E-state index in [2.05, 4.69) is 10.3 Å². The van der Waals surface area contributed by atoms with Crippen LogP contribution in [0.3, 0.4) is 0 Å². The van der Waals surface area contributed by atoms with Crippen LogP contribution in [0.5, 0.6) is 0 Å². The number of carbonyl (C=O) groups excluding carboxylic acids is 1. The van der Waals surface area contributed by atoms with Crippen molar-refractivity contribution >= 4 is 33.4 Å². The van der Waals surface area contributed by atoms with E-state index in [1.807, 2.05) is 42.1 Å². The molecule has 1 saturated heterocycles. The fourth-order valence-corrected chi connectivity index (χ4v) is 5.77. The third-order valence-corrected chi connectivity index (χ3v) is 8.26. The van der Waals surface area contributed by atoms with Crippen LogP contribution in [-0.4, -0.2) is 54.5 Å². The van der Waals surface area contributed by atoms with E-state index in [0.717, 1.165) is 10.1 Å². The van der Waals surface area contributed by atoms with Crippen molar-refractivity contribution in [3.63, 3.8) is 0 Å². The van der Waals surface area contributed by atoms with E-state index in [9.17, 15) is 13.2 Å². The minimum Gasteiger partial charge on any atom is -0.379 e. The first kappa shape index (κ1) is 22.5. The van der Waals surface area contributed by atoms with E-state index >= 15 is 0 Å². The lowest BCUT2D eigenvalue weighted by Crippen LogP contribution is -2.40. The van der Waals surface area contributed by atoms with Crippen molar-refractivity contribution in [1.29, 1.82) is 0 Å². The Morgan fingerprint density at radius 2 is 1.84 bits per heavy atom. The number of sulfonamides is 1. The number of anilines is 1. The van der Waals surface area contributed by atoms with Gasteiger partial charge in [-0.2, -0.15) is 4.31 Å². The number of imidazole rings is 1. The number of morpholine rings is 1. The number of aromatic nitrogens is 2. The van der Waals surface area contributed by atoms with E-state index in [4.69, 9.17) is 4.74 Å². The molecule has 0 saturated carbocycles. The van der Waals surface area contributed by atoms with Gasteiger partial charge in [0.25, 0.3) is 5.91 Å². The first-order chi connectivity index (χ1) is 15.3. The molecule has 0 unspecified atom stereocenters. The maximum Gasteiger partial charge on any atom is 0.255 e. The van der Waals surface area contributed by atoms with Gasteiger partial charge in [-0.1, -0.05) is 17.8 Å². The zero-order chi connectivity index (χ0) is 22.7. The standard InChI is InChI=1S/C22H24N4O4S2/c1-16-3-4-17(15-20(16)32(28,29)26-11-13-30-14-12-26)21(27)24-18-5-7-19(8-6-18)31-22-23-9-10-25(22)2/h3-10,15H,11-14H2,1-2H3,(H,24,27). The van der Waals surface area contributed by atoms with Crippen LogP contribution in [0.25, 0.3) is 0 Å². The van der Waals surface area contributed by atoms with E-state index in [-0.39, 0.29) is 16.4 Å². The van der Waals surface area contributed by atoms with Gasteiger partial charge < -0.3 is 14.6 Å². The highest BCUT2D eigenvalue weighted by molar-refractivity contribution is 7.99. The van der Waals surface area contributed by atoms with Crippen molar-refractivity contribution < 1.29 is 17.9 Å². The predicted molar refractivity (Wildman–Crippen MR) is 122 cm³/mol. The molecule has 1 aliphatic rings. The molecular weight excluding hydrogens is 448 g/mol. The van der Waals surface area contributed by atoms with Gasteiger partial charge in [-0.25, -0.2) is 13.4 Å². The summed E-state index contributed by atoms with van der Waals surface area (Å²) in [5.74, 6) is -0.368. The predicted octanol–water partition coefficient (Wildman–Crippen LogP) is 3.15. The third kappa shape index (κ3) is 4.88. The summed E-state index contributed by atoms with van der Waals surface area (Å²) in [5.41, 5.74) is 1.51. The van der Waals surface area contributed by atoms with Crippen LogP contribution in [0.1, 0.15) is 15.9 Å². The number of hydrogen-bond acceptors (Lipinski definition) is 6. The molecule has 1 aliphatic heterocycles. The molecular formula is C22H24N4O4S2. The zero-order valence-electron chi connectivity index (χ0n) is 17.8. The highest BCUT2D eigenvalue weighted by atomic mass is 32.2. The average molecular weight is 473 g/mol. The first-order valence-corrected chi connectivity index (χ1v) is 12.4. The lowest BCUT2D eigenvalue weighted by Gasteiger charge is -2.26. The Kier molecular flexibility index (Phi) is 6.66. The van der Waals surface area contributed by atoms with Crippen molar-refractivity contribution in [2.24, 2.45) is 7.05 Å². The van der Waals surface area contributed by atoms with Crippen LogP contribution >= 0.6 is 11.8 Å². The Morgan fingerprint density at radius 3 is 2.50 bits per heavy atom. The zero-order valence-corrected chi connectivity index (χ0v) is 19.4. The topological polar surface area (TPSA) is 93.5 Å². The van der Waals surface area contributed by atoms with Crippen LogP contribution < -0.4 is 5.32 Å². The molecule has 0 spiro atoms. The highest BCUT2D eigenvalue weighted by Crippen LogP contribution is 2.27. The Balaban J connectivity index is 1.49. The second-order valence-corrected chi connectivity index (χ2v) is 10.3. The summed E-state index contributed by atoms with van der Waals surface area (Å²) in [7, 11) is -1.76. The molecule has 0 atom stereocenters. The van der Waals surface area contributed by atoms with E-state index < -0.39 is 10.0 Å².